The molecule has 2 aromatic heterocycles. The van der Waals surface area contributed by atoms with E-state index in [4.69, 9.17) is 4.52 Å². The molecule has 4 rings (SSSR count). The number of rotatable bonds is 4. The molecule has 9 nitrogen and oxygen atoms in total. The van der Waals surface area contributed by atoms with Crippen molar-refractivity contribution in [1.29, 1.82) is 0 Å². The maximum Gasteiger partial charge on any atom is 0.291 e. The Hall–Kier alpha value is -4.27. The lowest BCUT2D eigenvalue weighted by atomic mass is 10.1. The number of fused-ring (bicyclic) bond motifs is 1. The number of carbonyl (C=O) groups is 2. The van der Waals surface area contributed by atoms with Crippen molar-refractivity contribution in [1.82, 2.24) is 25.8 Å². The molecule has 9 heteroatoms. The van der Waals surface area contributed by atoms with Gasteiger partial charge in [-0.2, -0.15) is 5.10 Å². The number of nitrogens with one attached hydrogen (secondary N) is 2. The first-order valence-electron chi connectivity index (χ1n) is 8.68. The number of carbonyl (C=O) groups excluding carboxylic acids is 2. The second-order valence-electron chi connectivity index (χ2n) is 6.14. The topological polar surface area (TPSA) is 119 Å². The van der Waals surface area contributed by atoms with E-state index in [0.29, 0.717) is 16.5 Å². The number of benzene rings is 2. The number of aromatic nitrogens is 3. The van der Waals surface area contributed by atoms with Gasteiger partial charge in [0.25, 0.3) is 17.4 Å². The van der Waals surface area contributed by atoms with Gasteiger partial charge in [-0.15, -0.1) is 0 Å². The summed E-state index contributed by atoms with van der Waals surface area (Å²) in [6.07, 6.45) is 1.50. The fourth-order valence-electron chi connectivity index (χ4n) is 2.73. The Kier molecular flexibility index (Phi) is 4.85. The number of hydrogen-bond acceptors (Lipinski definition) is 6. The van der Waals surface area contributed by atoms with Crippen LogP contribution < -0.4 is 16.4 Å². The Morgan fingerprint density at radius 3 is 2.59 bits per heavy atom. The SMILES string of the molecule is O=C(Cn1ncc2ccccc2c1=O)NNC(=O)c1cc(-c2ccccc2)on1. The van der Waals surface area contributed by atoms with Crippen LogP contribution in [0.25, 0.3) is 22.1 Å². The van der Waals surface area contributed by atoms with E-state index in [1.165, 1.54) is 12.3 Å². The number of nitrogens with zero attached hydrogens (tertiary/aromatic N) is 3. The Balaban J connectivity index is 1.39. The normalized spacial score (nSPS) is 10.6. The van der Waals surface area contributed by atoms with Gasteiger partial charge in [0, 0.05) is 17.0 Å². The molecule has 4 aromatic rings. The van der Waals surface area contributed by atoms with Crippen LogP contribution in [0.4, 0.5) is 0 Å². The van der Waals surface area contributed by atoms with Gasteiger partial charge in [0.2, 0.25) is 0 Å². The molecular weight excluding hydrogens is 374 g/mol. The third-order valence-corrected chi connectivity index (χ3v) is 4.17. The molecule has 0 radical (unpaired) electrons. The van der Waals surface area contributed by atoms with Crippen LogP contribution in [0.3, 0.4) is 0 Å². The van der Waals surface area contributed by atoms with Crippen LogP contribution in [0.1, 0.15) is 10.5 Å². The van der Waals surface area contributed by atoms with Crippen LogP contribution >= 0.6 is 0 Å². The largest absolute Gasteiger partial charge is 0.355 e. The van der Waals surface area contributed by atoms with Gasteiger partial charge in [-0.05, 0) is 6.07 Å². The highest BCUT2D eigenvalue weighted by atomic mass is 16.5. The summed E-state index contributed by atoms with van der Waals surface area (Å²) in [5.74, 6) is -0.841. The van der Waals surface area contributed by atoms with Gasteiger partial charge in [-0.3, -0.25) is 25.2 Å². The van der Waals surface area contributed by atoms with E-state index in [2.05, 4.69) is 21.1 Å². The van der Waals surface area contributed by atoms with E-state index in [1.54, 1.807) is 24.3 Å². The van der Waals surface area contributed by atoms with Gasteiger partial charge in [0.15, 0.2) is 11.5 Å². The van der Waals surface area contributed by atoms with Gasteiger partial charge >= 0.3 is 0 Å². The minimum Gasteiger partial charge on any atom is -0.355 e. The Bertz CT molecular complexity index is 1250. The molecule has 2 heterocycles. The number of hydrogen-bond donors (Lipinski definition) is 2. The quantitative estimate of drug-likeness (QED) is 0.511. The van der Waals surface area contributed by atoms with Crippen molar-refractivity contribution >= 4 is 22.6 Å². The van der Waals surface area contributed by atoms with Crippen molar-refractivity contribution in [2.45, 2.75) is 6.54 Å². The average Bonchev–Trinajstić information content (AvgIpc) is 3.25. The molecular formula is C20H15N5O4. The molecule has 0 spiro atoms. The molecule has 144 valence electrons. The first-order chi connectivity index (χ1) is 14.1. The highest BCUT2D eigenvalue weighted by Crippen LogP contribution is 2.19. The molecule has 0 saturated heterocycles. The predicted octanol–water partition coefficient (Wildman–Crippen LogP) is 1.51. The molecule has 0 unspecified atom stereocenters. The van der Waals surface area contributed by atoms with E-state index >= 15 is 0 Å². The zero-order valence-corrected chi connectivity index (χ0v) is 15.0. The molecule has 0 fully saturated rings. The first-order valence-corrected chi connectivity index (χ1v) is 8.68. The van der Waals surface area contributed by atoms with Gasteiger partial charge in [0.1, 0.15) is 6.54 Å². The molecule has 0 aliphatic rings. The number of hydrazine groups is 1. The fourth-order valence-corrected chi connectivity index (χ4v) is 2.73. The Labute approximate surface area is 163 Å². The zero-order chi connectivity index (χ0) is 20.2. The minimum absolute atomic E-state index is 0.00477. The maximum atomic E-state index is 12.4. The summed E-state index contributed by atoms with van der Waals surface area (Å²) in [5.41, 5.74) is 4.85. The summed E-state index contributed by atoms with van der Waals surface area (Å²) < 4.78 is 6.17. The van der Waals surface area contributed by atoms with Gasteiger partial charge in [0.05, 0.1) is 11.6 Å². The molecule has 2 N–H and O–H groups in total. The van der Waals surface area contributed by atoms with Crippen LogP contribution in [-0.4, -0.2) is 26.8 Å². The summed E-state index contributed by atoms with van der Waals surface area (Å²) in [4.78, 5) is 36.6. The van der Waals surface area contributed by atoms with Crippen molar-refractivity contribution in [2.24, 2.45) is 0 Å². The minimum atomic E-state index is -0.650. The molecule has 29 heavy (non-hydrogen) atoms. The maximum absolute atomic E-state index is 12.4. The van der Waals surface area contributed by atoms with Crippen molar-refractivity contribution in [3.05, 3.63) is 82.9 Å². The second kappa shape index (κ2) is 7.77. The van der Waals surface area contributed by atoms with Crippen LogP contribution in [-0.2, 0) is 11.3 Å². The van der Waals surface area contributed by atoms with Crippen LogP contribution in [0.5, 0.6) is 0 Å². The molecule has 0 saturated carbocycles. The molecule has 0 bridgehead atoms. The van der Waals surface area contributed by atoms with E-state index in [-0.39, 0.29) is 12.2 Å². The van der Waals surface area contributed by atoms with Crippen molar-refractivity contribution in [3.8, 4) is 11.3 Å². The van der Waals surface area contributed by atoms with Gasteiger partial charge < -0.3 is 4.52 Å². The highest BCUT2D eigenvalue weighted by Gasteiger charge is 2.15. The monoisotopic (exact) mass is 389 g/mol. The van der Waals surface area contributed by atoms with E-state index in [9.17, 15) is 14.4 Å². The molecule has 0 atom stereocenters. The Morgan fingerprint density at radius 2 is 1.76 bits per heavy atom. The van der Waals surface area contributed by atoms with E-state index < -0.39 is 17.4 Å². The smallest absolute Gasteiger partial charge is 0.291 e. The average molecular weight is 389 g/mol. The van der Waals surface area contributed by atoms with E-state index in [0.717, 1.165) is 10.2 Å². The van der Waals surface area contributed by atoms with Gasteiger partial charge in [-0.1, -0.05) is 53.7 Å². The third-order valence-electron chi connectivity index (χ3n) is 4.17. The summed E-state index contributed by atoms with van der Waals surface area (Å²) >= 11 is 0. The summed E-state index contributed by atoms with van der Waals surface area (Å²) in [5, 5.41) is 8.81. The summed E-state index contributed by atoms with van der Waals surface area (Å²) in [7, 11) is 0. The van der Waals surface area contributed by atoms with E-state index in [1.807, 2.05) is 30.3 Å². The third kappa shape index (κ3) is 3.88. The lowest BCUT2D eigenvalue weighted by molar-refractivity contribution is -0.122. The summed E-state index contributed by atoms with van der Waals surface area (Å²) in [6, 6.07) is 17.6. The predicted molar refractivity (Wildman–Crippen MR) is 104 cm³/mol. The van der Waals surface area contributed by atoms with Crippen molar-refractivity contribution in [3.63, 3.8) is 0 Å². The highest BCUT2D eigenvalue weighted by molar-refractivity contribution is 5.94. The molecule has 2 aromatic carbocycles. The second-order valence-corrected chi connectivity index (χ2v) is 6.14. The van der Waals surface area contributed by atoms with Crippen LogP contribution in [0, 0.1) is 0 Å². The standard InChI is InChI=1S/C20H15N5O4/c26-18(12-25-20(28)15-9-5-4-8-14(15)11-21-25)22-23-19(27)16-10-17(29-24-16)13-6-2-1-3-7-13/h1-11H,12H2,(H,22,26)(H,23,27). The van der Waals surface area contributed by atoms with Crippen molar-refractivity contribution in [2.75, 3.05) is 0 Å². The first kappa shape index (κ1) is 18.1. The van der Waals surface area contributed by atoms with Crippen molar-refractivity contribution < 1.29 is 14.1 Å². The van der Waals surface area contributed by atoms with Gasteiger partial charge in [-0.25, -0.2) is 4.68 Å². The summed E-state index contributed by atoms with van der Waals surface area (Å²) in [6.45, 7) is -0.349. The lowest BCUT2D eigenvalue weighted by Crippen LogP contribution is -2.44. The lowest BCUT2D eigenvalue weighted by Gasteiger charge is -2.07. The van der Waals surface area contributed by atoms with Crippen LogP contribution in [0.2, 0.25) is 0 Å². The van der Waals surface area contributed by atoms with Crippen LogP contribution in [0.15, 0.2) is 76.2 Å². The molecule has 0 aliphatic heterocycles. The Morgan fingerprint density at radius 1 is 1.00 bits per heavy atom. The molecule has 2 amide bonds. The molecule has 0 aliphatic carbocycles. The fraction of sp³-hybridized carbons (Fsp3) is 0.0500. The number of amides is 2. The zero-order valence-electron chi connectivity index (χ0n) is 15.0.